The van der Waals surface area contributed by atoms with E-state index in [0.29, 0.717) is 11.7 Å². The van der Waals surface area contributed by atoms with Crippen molar-refractivity contribution in [2.24, 2.45) is 50.2 Å². The number of rotatable bonds is 3. The molecule has 0 spiro atoms. The molecular weight excluding hydrogens is 502 g/mol. The van der Waals surface area contributed by atoms with Crippen LogP contribution in [0.2, 0.25) is 0 Å². The van der Waals surface area contributed by atoms with Crippen molar-refractivity contribution in [2.45, 2.75) is 119 Å². The first-order valence-electron chi connectivity index (χ1n) is 15.7. The highest BCUT2D eigenvalue weighted by Crippen LogP contribution is 2.75. The average molecular weight is 556 g/mol. The number of carbonyl (C=O) groups is 3. The molecular formula is C34H53NO5. The van der Waals surface area contributed by atoms with Gasteiger partial charge in [-0.05, 0) is 97.4 Å². The summed E-state index contributed by atoms with van der Waals surface area (Å²) in [7, 11) is 3.26. The van der Waals surface area contributed by atoms with Crippen molar-refractivity contribution in [3.8, 4) is 0 Å². The van der Waals surface area contributed by atoms with Crippen molar-refractivity contribution in [3.05, 3.63) is 11.6 Å². The minimum atomic E-state index is -0.502. The summed E-state index contributed by atoms with van der Waals surface area (Å²) in [5, 5.41) is 1.39. The fourth-order valence-corrected chi connectivity index (χ4v) is 11.2. The Bertz CT molecular complexity index is 1140. The lowest BCUT2D eigenvalue weighted by Gasteiger charge is -2.70. The molecule has 0 N–H and O–H groups in total. The predicted octanol–water partition coefficient (Wildman–Crippen LogP) is 6.92. The number of fused-ring (bicyclic) bond motifs is 7. The van der Waals surface area contributed by atoms with Crippen LogP contribution in [0.15, 0.2) is 11.6 Å². The number of ether oxygens (including phenoxy) is 1. The van der Waals surface area contributed by atoms with Crippen LogP contribution in [-0.2, 0) is 24.0 Å². The molecule has 0 aromatic heterocycles. The van der Waals surface area contributed by atoms with Crippen LogP contribution < -0.4 is 0 Å². The number of esters is 1. The highest BCUT2D eigenvalue weighted by molar-refractivity contribution is 5.95. The van der Waals surface area contributed by atoms with Gasteiger partial charge in [0.1, 0.15) is 6.10 Å². The minimum absolute atomic E-state index is 0.0379. The van der Waals surface area contributed by atoms with Crippen LogP contribution in [-0.4, -0.2) is 43.0 Å². The summed E-state index contributed by atoms with van der Waals surface area (Å²) >= 11 is 0. The number of hydroxylamine groups is 2. The van der Waals surface area contributed by atoms with Crippen LogP contribution in [0.3, 0.4) is 0 Å². The maximum Gasteiger partial charge on any atom is 0.302 e. The van der Waals surface area contributed by atoms with E-state index in [1.807, 2.05) is 0 Å². The zero-order valence-electron chi connectivity index (χ0n) is 26.7. The second-order valence-corrected chi connectivity index (χ2v) is 16.2. The molecule has 6 heteroatoms. The Kier molecular flexibility index (Phi) is 6.82. The largest absolute Gasteiger partial charge is 0.462 e. The second kappa shape index (κ2) is 9.15. The maximum atomic E-state index is 14.5. The lowest BCUT2D eigenvalue weighted by Crippen LogP contribution is -2.66. The van der Waals surface area contributed by atoms with Crippen molar-refractivity contribution < 1.29 is 24.0 Å². The van der Waals surface area contributed by atoms with E-state index in [0.717, 1.165) is 57.8 Å². The van der Waals surface area contributed by atoms with Gasteiger partial charge in [-0.1, -0.05) is 54.0 Å². The molecule has 1 amide bonds. The van der Waals surface area contributed by atoms with E-state index >= 15 is 0 Å². The Labute approximate surface area is 241 Å². The standard InChI is InChI=1S/C34H53NO5/c1-21(36)40-26-12-13-32(6)25(29(26,2)3)11-14-34(8)27(32)24(37)19-22-23-20-31(5,28(38)35(9)39-10)16-15-30(23,4)17-18-33(22,34)7/h19,23,25-27H,11-18,20H2,1-10H3/t23?,25?,26-,27?,30+,31-,32-,33+,34+/m0/s1. The third-order valence-electron chi connectivity index (χ3n) is 13.9. The van der Waals surface area contributed by atoms with Gasteiger partial charge in [0.05, 0.1) is 7.11 Å². The molecule has 40 heavy (non-hydrogen) atoms. The highest BCUT2D eigenvalue weighted by atomic mass is 16.7. The second-order valence-electron chi connectivity index (χ2n) is 16.2. The maximum absolute atomic E-state index is 14.5. The van der Waals surface area contributed by atoms with Crippen molar-refractivity contribution in [2.75, 3.05) is 14.2 Å². The van der Waals surface area contributed by atoms with E-state index in [-0.39, 0.29) is 56.9 Å². The first kappa shape index (κ1) is 29.8. The van der Waals surface area contributed by atoms with E-state index in [2.05, 4.69) is 54.5 Å². The summed E-state index contributed by atoms with van der Waals surface area (Å²) in [6.45, 7) is 17.8. The van der Waals surface area contributed by atoms with Gasteiger partial charge in [-0.15, -0.1) is 0 Å². The lowest BCUT2D eigenvalue weighted by molar-refractivity contribution is -0.211. The Balaban J connectivity index is 1.55. The Morgan fingerprint density at radius 1 is 0.925 bits per heavy atom. The fourth-order valence-electron chi connectivity index (χ4n) is 11.2. The third kappa shape index (κ3) is 3.86. The van der Waals surface area contributed by atoms with E-state index in [9.17, 15) is 14.4 Å². The van der Waals surface area contributed by atoms with Crippen molar-refractivity contribution in [1.29, 1.82) is 0 Å². The highest BCUT2D eigenvalue weighted by Gasteiger charge is 2.70. The first-order valence-corrected chi connectivity index (χ1v) is 15.7. The zero-order valence-corrected chi connectivity index (χ0v) is 26.7. The van der Waals surface area contributed by atoms with Gasteiger partial charge < -0.3 is 4.74 Å². The molecule has 4 fully saturated rings. The summed E-state index contributed by atoms with van der Waals surface area (Å²) < 4.78 is 5.85. The predicted molar refractivity (Wildman–Crippen MR) is 155 cm³/mol. The molecule has 0 radical (unpaired) electrons. The Hall–Kier alpha value is -1.69. The number of hydrogen-bond acceptors (Lipinski definition) is 5. The van der Waals surface area contributed by atoms with Crippen LogP contribution in [0, 0.1) is 50.2 Å². The van der Waals surface area contributed by atoms with Crippen LogP contribution in [0.25, 0.3) is 0 Å². The molecule has 0 aromatic rings. The van der Waals surface area contributed by atoms with Crippen LogP contribution in [0.4, 0.5) is 0 Å². The number of nitrogens with zero attached hydrogens (tertiary/aromatic N) is 1. The number of hydrogen-bond donors (Lipinski definition) is 0. The lowest BCUT2D eigenvalue weighted by atomic mass is 9.33. The molecule has 5 rings (SSSR count). The van der Waals surface area contributed by atoms with E-state index in [4.69, 9.17) is 9.57 Å². The monoisotopic (exact) mass is 555 g/mol. The first-order chi connectivity index (χ1) is 18.4. The minimum Gasteiger partial charge on any atom is -0.462 e. The third-order valence-corrected chi connectivity index (χ3v) is 13.9. The number of amides is 1. The van der Waals surface area contributed by atoms with Crippen molar-refractivity contribution >= 4 is 17.7 Å². The van der Waals surface area contributed by atoms with Gasteiger partial charge in [0.25, 0.3) is 5.91 Å². The molecule has 5 aliphatic rings. The van der Waals surface area contributed by atoms with E-state index < -0.39 is 5.41 Å². The summed E-state index contributed by atoms with van der Waals surface area (Å²) in [6, 6.07) is 0. The number of ketones is 1. The van der Waals surface area contributed by atoms with Crippen molar-refractivity contribution in [3.63, 3.8) is 0 Å². The van der Waals surface area contributed by atoms with Crippen LogP contribution >= 0.6 is 0 Å². The molecule has 0 heterocycles. The molecule has 9 atom stereocenters. The Morgan fingerprint density at radius 3 is 2.20 bits per heavy atom. The molecule has 0 aromatic carbocycles. The van der Waals surface area contributed by atoms with E-state index in [1.54, 1.807) is 14.2 Å². The summed E-state index contributed by atoms with van der Waals surface area (Å²) in [5.74, 6) is 0.591. The quantitative estimate of drug-likeness (QED) is 0.279. The van der Waals surface area contributed by atoms with Crippen molar-refractivity contribution in [1.82, 2.24) is 5.06 Å². The summed E-state index contributed by atoms with van der Waals surface area (Å²) in [6.07, 6.45) is 10.6. The van der Waals surface area contributed by atoms with Gasteiger partial charge in [0.15, 0.2) is 5.78 Å². The summed E-state index contributed by atoms with van der Waals surface area (Å²) in [5.41, 5.74) is 0.354. The molecule has 224 valence electrons. The number of allylic oxidation sites excluding steroid dienone is 2. The SMILES string of the molecule is CON(C)C(=O)[C@@]1(C)CC[C@]2(C)CC[C@]3(C)C(=CC(=O)C4[C@@]5(C)CC[C@H](OC(C)=O)C(C)(C)C5CC[C@]43C)C2C1. The topological polar surface area (TPSA) is 72.9 Å². The molecule has 4 saturated carbocycles. The number of carbonyl (C=O) groups excluding carboxylic acids is 3. The fraction of sp³-hybridized carbons (Fsp3) is 0.853. The van der Waals surface area contributed by atoms with Gasteiger partial charge in [0.2, 0.25) is 0 Å². The molecule has 0 bridgehead atoms. The smallest absolute Gasteiger partial charge is 0.302 e. The van der Waals surface area contributed by atoms with E-state index in [1.165, 1.54) is 17.6 Å². The molecule has 6 nitrogen and oxygen atoms in total. The molecule has 0 aliphatic heterocycles. The average Bonchev–Trinajstić information content (AvgIpc) is 2.87. The molecule has 0 saturated heterocycles. The zero-order chi connectivity index (χ0) is 29.7. The van der Waals surface area contributed by atoms with Gasteiger partial charge in [0, 0.05) is 30.7 Å². The van der Waals surface area contributed by atoms with Crippen LogP contribution in [0.1, 0.15) is 113 Å². The van der Waals surface area contributed by atoms with Gasteiger partial charge in [-0.2, -0.15) is 0 Å². The molecule has 3 unspecified atom stereocenters. The van der Waals surface area contributed by atoms with Gasteiger partial charge in [-0.25, -0.2) is 5.06 Å². The normalized spacial score (nSPS) is 47.5. The molecule has 5 aliphatic carbocycles. The summed E-state index contributed by atoms with van der Waals surface area (Å²) in [4.78, 5) is 45.3. The van der Waals surface area contributed by atoms with Gasteiger partial charge >= 0.3 is 5.97 Å². The Morgan fingerprint density at radius 2 is 1.57 bits per heavy atom. The van der Waals surface area contributed by atoms with Crippen LogP contribution in [0.5, 0.6) is 0 Å². The van der Waals surface area contributed by atoms with Gasteiger partial charge in [-0.3, -0.25) is 19.2 Å².